The average Bonchev–Trinajstić information content (AvgIpc) is 3.01. The van der Waals surface area contributed by atoms with Crippen LogP contribution in [0.25, 0.3) is 0 Å². The first-order valence-electron chi connectivity index (χ1n) is 8.21. The zero-order valence-electron chi connectivity index (χ0n) is 14.0. The Labute approximate surface area is 144 Å². The predicted octanol–water partition coefficient (Wildman–Crippen LogP) is 4.42. The van der Waals surface area contributed by atoms with Crippen molar-refractivity contribution < 1.29 is 13.2 Å². The molecule has 25 heavy (non-hydrogen) atoms. The lowest BCUT2D eigenvalue weighted by atomic mass is 10.1. The van der Waals surface area contributed by atoms with Crippen molar-refractivity contribution in [2.45, 2.75) is 38.9 Å². The number of halogens is 3. The minimum absolute atomic E-state index is 0.129. The highest BCUT2D eigenvalue weighted by Crippen LogP contribution is 2.34. The maximum absolute atomic E-state index is 13.2. The second-order valence-corrected chi connectivity index (χ2v) is 6.08. The van der Waals surface area contributed by atoms with Crippen LogP contribution < -0.4 is 16.0 Å². The van der Waals surface area contributed by atoms with Crippen molar-refractivity contribution in [3.63, 3.8) is 0 Å². The predicted molar refractivity (Wildman–Crippen MR) is 92.3 cm³/mol. The molecule has 2 heterocycles. The number of aromatic nitrogens is 2. The summed E-state index contributed by atoms with van der Waals surface area (Å²) in [6.07, 6.45) is -2.09. The number of nitrogens with one attached hydrogen (secondary N) is 3. The fourth-order valence-electron chi connectivity index (χ4n) is 2.61. The molecule has 2 aromatic rings. The lowest BCUT2D eigenvalue weighted by molar-refractivity contribution is -0.137. The quantitative estimate of drug-likeness (QED) is 0.744. The third-order valence-electron chi connectivity index (χ3n) is 4.16. The molecule has 1 atom stereocenters. The number of fused-ring (bicyclic) bond motifs is 1. The van der Waals surface area contributed by atoms with Crippen LogP contribution >= 0.6 is 0 Å². The van der Waals surface area contributed by atoms with Crippen molar-refractivity contribution in [3.05, 3.63) is 35.5 Å². The van der Waals surface area contributed by atoms with E-state index in [1.807, 2.05) is 32.0 Å². The molecule has 0 saturated heterocycles. The van der Waals surface area contributed by atoms with Gasteiger partial charge in [0, 0.05) is 30.2 Å². The van der Waals surface area contributed by atoms with Gasteiger partial charge in [0.25, 0.3) is 0 Å². The van der Waals surface area contributed by atoms with E-state index < -0.39 is 11.7 Å². The van der Waals surface area contributed by atoms with Gasteiger partial charge in [0.05, 0.1) is 0 Å². The van der Waals surface area contributed by atoms with E-state index in [1.165, 1.54) is 0 Å². The minimum Gasteiger partial charge on any atom is -0.384 e. The Bertz CT molecular complexity index is 760. The van der Waals surface area contributed by atoms with Gasteiger partial charge in [-0.05, 0) is 43.5 Å². The van der Waals surface area contributed by atoms with E-state index in [0.717, 1.165) is 36.1 Å². The van der Waals surface area contributed by atoms with Crippen LogP contribution in [-0.4, -0.2) is 22.6 Å². The summed E-state index contributed by atoms with van der Waals surface area (Å²) in [6, 6.07) is 5.61. The molecule has 1 aromatic heterocycles. The third-order valence-corrected chi connectivity index (χ3v) is 4.16. The van der Waals surface area contributed by atoms with Gasteiger partial charge in [-0.3, -0.25) is 0 Å². The molecule has 0 saturated carbocycles. The van der Waals surface area contributed by atoms with E-state index in [-0.39, 0.29) is 17.8 Å². The molecule has 1 aliphatic rings. The minimum atomic E-state index is -4.51. The molecule has 3 rings (SSSR count). The van der Waals surface area contributed by atoms with Gasteiger partial charge in [0.1, 0.15) is 11.4 Å². The highest BCUT2D eigenvalue weighted by atomic mass is 19.4. The molecule has 0 bridgehead atoms. The van der Waals surface area contributed by atoms with Crippen molar-refractivity contribution in [1.82, 2.24) is 9.97 Å². The topological polar surface area (TPSA) is 61.9 Å². The Morgan fingerprint density at radius 2 is 2.12 bits per heavy atom. The van der Waals surface area contributed by atoms with Gasteiger partial charge >= 0.3 is 6.18 Å². The second kappa shape index (κ2) is 6.78. The van der Waals surface area contributed by atoms with E-state index in [1.54, 1.807) is 0 Å². The number of hydrogen-bond donors (Lipinski definition) is 3. The summed E-state index contributed by atoms with van der Waals surface area (Å²) >= 11 is 0. The SMILES string of the molecule is CC[C@@H](C)Nc1nc(Nc2ccc3c(c2)CCN3)ncc1C(F)(F)F. The molecule has 5 nitrogen and oxygen atoms in total. The third kappa shape index (κ3) is 3.94. The highest BCUT2D eigenvalue weighted by molar-refractivity contribution is 5.65. The van der Waals surface area contributed by atoms with E-state index in [0.29, 0.717) is 6.42 Å². The van der Waals surface area contributed by atoms with E-state index in [4.69, 9.17) is 0 Å². The van der Waals surface area contributed by atoms with E-state index in [2.05, 4.69) is 25.9 Å². The summed E-state index contributed by atoms with van der Waals surface area (Å²) in [7, 11) is 0. The lowest BCUT2D eigenvalue weighted by Gasteiger charge is -2.18. The smallest absolute Gasteiger partial charge is 0.384 e. The maximum atomic E-state index is 13.2. The zero-order valence-corrected chi connectivity index (χ0v) is 14.0. The summed E-state index contributed by atoms with van der Waals surface area (Å²) < 4.78 is 39.5. The van der Waals surface area contributed by atoms with Gasteiger partial charge in [-0.2, -0.15) is 18.2 Å². The molecule has 1 aliphatic heterocycles. The number of hydrogen-bond acceptors (Lipinski definition) is 5. The molecular weight excluding hydrogens is 331 g/mol. The van der Waals surface area contributed by atoms with Crippen molar-refractivity contribution in [2.75, 3.05) is 22.5 Å². The fraction of sp³-hybridized carbons (Fsp3) is 0.412. The van der Waals surface area contributed by atoms with Gasteiger partial charge in [-0.15, -0.1) is 0 Å². The molecule has 1 aromatic carbocycles. The molecule has 0 fully saturated rings. The standard InChI is InChI=1S/C17H20F3N5/c1-3-10(2)23-15-13(17(18,19)20)9-22-16(25-15)24-12-4-5-14-11(8-12)6-7-21-14/h4-5,8-10,21H,3,6-7H2,1-2H3,(H2,22,23,24,25)/t10-/m1/s1. The number of rotatable bonds is 5. The molecule has 0 amide bonds. The highest BCUT2D eigenvalue weighted by Gasteiger charge is 2.35. The first kappa shape index (κ1) is 17.3. The van der Waals surface area contributed by atoms with Gasteiger partial charge in [0.2, 0.25) is 5.95 Å². The molecule has 0 unspecified atom stereocenters. The normalized spacial score (nSPS) is 14.6. The van der Waals surface area contributed by atoms with E-state index in [9.17, 15) is 13.2 Å². The Hall–Kier alpha value is -2.51. The Morgan fingerprint density at radius 3 is 2.84 bits per heavy atom. The van der Waals surface area contributed by atoms with Gasteiger partial charge in [-0.25, -0.2) is 4.98 Å². The van der Waals surface area contributed by atoms with Crippen LogP contribution in [0.1, 0.15) is 31.4 Å². The Balaban J connectivity index is 1.87. The number of benzene rings is 1. The lowest BCUT2D eigenvalue weighted by Crippen LogP contribution is -2.20. The monoisotopic (exact) mass is 351 g/mol. The van der Waals surface area contributed by atoms with Crippen LogP contribution in [0.3, 0.4) is 0 Å². The molecule has 3 N–H and O–H groups in total. The van der Waals surface area contributed by atoms with Crippen LogP contribution in [-0.2, 0) is 12.6 Å². The summed E-state index contributed by atoms with van der Waals surface area (Å²) in [4.78, 5) is 7.88. The maximum Gasteiger partial charge on any atom is 0.421 e. The van der Waals surface area contributed by atoms with Crippen molar-refractivity contribution >= 4 is 23.1 Å². The summed E-state index contributed by atoms with van der Waals surface area (Å²) in [5, 5.41) is 9.06. The summed E-state index contributed by atoms with van der Waals surface area (Å²) in [5.74, 6) is -0.0770. The largest absolute Gasteiger partial charge is 0.421 e. The number of nitrogens with zero attached hydrogens (tertiary/aromatic N) is 2. The molecule has 0 spiro atoms. The van der Waals surface area contributed by atoms with Crippen molar-refractivity contribution in [1.29, 1.82) is 0 Å². The first-order chi connectivity index (χ1) is 11.9. The van der Waals surface area contributed by atoms with Crippen LogP contribution in [0.15, 0.2) is 24.4 Å². The Morgan fingerprint density at radius 1 is 1.32 bits per heavy atom. The van der Waals surface area contributed by atoms with Gasteiger partial charge < -0.3 is 16.0 Å². The Kier molecular flexibility index (Phi) is 4.69. The van der Waals surface area contributed by atoms with Crippen molar-refractivity contribution in [3.8, 4) is 0 Å². The fourth-order valence-corrected chi connectivity index (χ4v) is 2.61. The first-order valence-corrected chi connectivity index (χ1v) is 8.21. The van der Waals surface area contributed by atoms with Gasteiger partial charge in [-0.1, -0.05) is 6.92 Å². The van der Waals surface area contributed by atoms with Crippen molar-refractivity contribution in [2.24, 2.45) is 0 Å². The van der Waals surface area contributed by atoms with Crippen LogP contribution in [0.4, 0.5) is 36.3 Å². The molecule has 0 radical (unpaired) electrons. The molecule has 8 heteroatoms. The zero-order chi connectivity index (χ0) is 18.0. The van der Waals surface area contributed by atoms with Crippen LogP contribution in [0.5, 0.6) is 0 Å². The molecule has 0 aliphatic carbocycles. The van der Waals surface area contributed by atoms with Crippen LogP contribution in [0.2, 0.25) is 0 Å². The van der Waals surface area contributed by atoms with Crippen LogP contribution in [0, 0.1) is 0 Å². The second-order valence-electron chi connectivity index (χ2n) is 6.08. The molecule has 134 valence electrons. The number of anilines is 4. The van der Waals surface area contributed by atoms with E-state index >= 15 is 0 Å². The summed E-state index contributed by atoms with van der Waals surface area (Å²) in [5.41, 5.74) is 2.13. The van der Waals surface area contributed by atoms with Gasteiger partial charge in [0.15, 0.2) is 0 Å². The average molecular weight is 351 g/mol. The number of alkyl halides is 3. The molecular formula is C17H20F3N5. The summed E-state index contributed by atoms with van der Waals surface area (Å²) in [6.45, 7) is 4.59.